The second-order valence-corrected chi connectivity index (χ2v) is 8.93. The van der Waals surface area contributed by atoms with E-state index in [4.69, 9.17) is 4.55 Å². The Bertz CT molecular complexity index is 806. The lowest BCUT2D eigenvalue weighted by atomic mass is 10.3. The average molecular weight is 329 g/mol. The molecular weight excluding hydrogens is 318 g/mol. The van der Waals surface area contributed by atoms with Crippen LogP contribution in [-0.4, -0.2) is 42.3 Å². The number of benzene rings is 1. The van der Waals surface area contributed by atoms with Crippen molar-refractivity contribution in [3.63, 3.8) is 0 Å². The quantitative estimate of drug-likeness (QED) is 0.724. The highest BCUT2D eigenvalue weighted by Crippen LogP contribution is 2.25. The highest BCUT2D eigenvalue weighted by Gasteiger charge is 2.20. The summed E-state index contributed by atoms with van der Waals surface area (Å²) in [5, 5.41) is 0. The van der Waals surface area contributed by atoms with Gasteiger partial charge in [-0.2, -0.15) is 8.42 Å². The Balaban J connectivity index is 3.61. The topological polar surface area (TPSA) is 135 Å². The molecule has 8 nitrogen and oxygen atoms in total. The monoisotopic (exact) mass is 329 g/mol. The number of sulfonamides is 1. The lowest BCUT2D eigenvalue weighted by Gasteiger charge is -2.10. The van der Waals surface area contributed by atoms with Gasteiger partial charge in [0, 0.05) is 6.26 Å². The van der Waals surface area contributed by atoms with E-state index in [0.717, 1.165) is 24.6 Å². The Hall–Kier alpha value is -1.17. The van der Waals surface area contributed by atoms with Crippen LogP contribution < -0.4 is 4.72 Å². The minimum atomic E-state index is -4.59. The molecule has 1 aromatic rings. The van der Waals surface area contributed by atoms with Gasteiger partial charge in [-0.25, -0.2) is 16.8 Å². The van der Waals surface area contributed by atoms with Crippen LogP contribution in [-0.2, 0) is 30.0 Å². The van der Waals surface area contributed by atoms with Crippen molar-refractivity contribution in [2.75, 3.05) is 17.2 Å². The third kappa shape index (κ3) is 4.45. The maximum Gasteiger partial charge on any atom is 0.294 e. The summed E-state index contributed by atoms with van der Waals surface area (Å²) < 4.78 is 77.8. The van der Waals surface area contributed by atoms with Crippen LogP contribution in [0.4, 0.5) is 5.69 Å². The number of hydrogen-bond donors (Lipinski definition) is 2. The van der Waals surface area contributed by atoms with Gasteiger partial charge in [0.1, 0.15) is 0 Å². The van der Waals surface area contributed by atoms with Gasteiger partial charge < -0.3 is 0 Å². The van der Waals surface area contributed by atoms with Crippen molar-refractivity contribution in [2.24, 2.45) is 0 Å². The molecule has 0 atom stereocenters. The largest absolute Gasteiger partial charge is 0.294 e. The Morgan fingerprint density at radius 3 is 1.89 bits per heavy atom. The van der Waals surface area contributed by atoms with Gasteiger partial charge in [0.05, 0.1) is 21.7 Å². The van der Waals surface area contributed by atoms with Crippen molar-refractivity contribution < 1.29 is 29.8 Å². The fraction of sp³-hybridized carbons (Fsp3) is 0.250. The fourth-order valence-corrected chi connectivity index (χ4v) is 3.34. The molecule has 1 rings (SSSR count). The molecule has 1 aromatic carbocycles. The smallest absolute Gasteiger partial charge is 0.282 e. The Morgan fingerprint density at radius 2 is 1.53 bits per heavy atom. The molecule has 0 aliphatic carbocycles. The zero-order valence-corrected chi connectivity index (χ0v) is 12.3. The summed E-state index contributed by atoms with van der Waals surface area (Å²) in [7, 11) is -12.2. The van der Waals surface area contributed by atoms with Crippen molar-refractivity contribution in [3.05, 3.63) is 18.2 Å². The molecule has 19 heavy (non-hydrogen) atoms. The van der Waals surface area contributed by atoms with Crippen molar-refractivity contribution in [1.29, 1.82) is 0 Å². The lowest BCUT2D eigenvalue weighted by molar-refractivity contribution is 0.483. The Labute approximate surface area is 111 Å². The van der Waals surface area contributed by atoms with Crippen LogP contribution >= 0.6 is 0 Å². The molecule has 108 valence electrons. The van der Waals surface area contributed by atoms with Crippen molar-refractivity contribution >= 4 is 35.7 Å². The van der Waals surface area contributed by atoms with Gasteiger partial charge in [-0.3, -0.25) is 9.27 Å². The molecule has 11 heteroatoms. The normalized spacial score (nSPS) is 13.2. The van der Waals surface area contributed by atoms with Crippen LogP contribution in [0.5, 0.6) is 0 Å². The number of anilines is 1. The van der Waals surface area contributed by atoms with Crippen molar-refractivity contribution in [1.82, 2.24) is 0 Å². The number of hydrogen-bond acceptors (Lipinski definition) is 6. The highest BCUT2D eigenvalue weighted by molar-refractivity contribution is 7.92. The molecule has 0 radical (unpaired) electrons. The molecule has 0 amide bonds. The van der Waals surface area contributed by atoms with Gasteiger partial charge in [0.15, 0.2) is 9.84 Å². The summed E-state index contributed by atoms with van der Waals surface area (Å²) in [5.74, 6) is 0. The van der Waals surface area contributed by atoms with Crippen LogP contribution in [0.15, 0.2) is 28.0 Å². The average Bonchev–Trinajstić information content (AvgIpc) is 2.11. The molecule has 0 bridgehead atoms. The first-order valence-corrected chi connectivity index (χ1v) is 9.82. The zero-order chi connectivity index (χ0) is 15.1. The van der Waals surface area contributed by atoms with E-state index in [-0.39, 0.29) is 5.69 Å². The Morgan fingerprint density at radius 1 is 1.00 bits per heavy atom. The molecule has 0 heterocycles. The van der Waals surface area contributed by atoms with Gasteiger partial charge in [0.25, 0.3) is 10.1 Å². The van der Waals surface area contributed by atoms with Gasteiger partial charge >= 0.3 is 0 Å². The van der Waals surface area contributed by atoms with Crippen LogP contribution in [0.1, 0.15) is 0 Å². The number of rotatable bonds is 4. The van der Waals surface area contributed by atoms with E-state index in [2.05, 4.69) is 0 Å². The maximum absolute atomic E-state index is 11.5. The standard InChI is InChI=1S/C8H11NO7S3/c1-17(10,11)8-5-6(19(14,15)16)3-4-7(8)9-18(2,12)13/h3-5,9H,1-2H3,(H,14,15,16). The summed E-state index contributed by atoms with van der Waals surface area (Å²) in [6.45, 7) is 0. The first kappa shape index (κ1) is 15.9. The van der Waals surface area contributed by atoms with E-state index >= 15 is 0 Å². The van der Waals surface area contributed by atoms with E-state index in [1.807, 2.05) is 4.72 Å². The lowest BCUT2D eigenvalue weighted by Crippen LogP contribution is -2.13. The van der Waals surface area contributed by atoms with Gasteiger partial charge in [-0.1, -0.05) is 0 Å². The molecule has 0 aliphatic heterocycles. The molecule has 0 aromatic heterocycles. The van der Waals surface area contributed by atoms with E-state index in [1.54, 1.807) is 0 Å². The predicted molar refractivity (Wildman–Crippen MR) is 67.8 cm³/mol. The molecule has 0 unspecified atom stereocenters. The molecule has 0 spiro atoms. The third-order valence-electron chi connectivity index (χ3n) is 1.95. The second-order valence-electron chi connectivity index (χ2n) is 3.78. The number of nitrogens with one attached hydrogen (secondary N) is 1. The molecular formula is C8H11NO7S3. The first-order valence-electron chi connectivity index (χ1n) is 4.60. The van der Waals surface area contributed by atoms with Gasteiger partial charge in [0.2, 0.25) is 10.0 Å². The first-order chi connectivity index (χ1) is 8.31. The third-order valence-corrected chi connectivity index (χ3v) is 4.52. The van der Waals surface area contributed by atoms with Crippen molar-refractivity contribution in [2.45, 2.75) is 9.79 Å². The molecule has 0 saturated heterocycles. The second kappa shape index (κ2) is 4.74. The van der Waals surface area contributed by atoms with E-state index in [9.17, 15) is 25.3 Å². The predicted octanol–water partition coefficient (Wildman–Crippen LogP) is -0.292. The fourth-order valence-electron chi connectivity index (χ4n) is 1.25. The van der Waals surface area contributed by atoms with Gasteiger partial charge in [-0.05, 0) is 18.2 Å². The summed E-state index contributed by atoms with van der Waals surface area (Å²) in [4.78, 5) is -1.19. The maximum atomic E-state index is 11.5. The summed E-state index contributed by atoms with van der Waals surface area (Å²) in [5.41, 5.74) is -0.294. The molecule has 2 N–H and O–H groups in total. The number of sulfone groups is 1. The van der Waals surface area contributed by atoms with E-state index < -0.39 is 39.8 Å². The summed E-state index contributed by atoms with van der Waals surface area (Å²) >= 11 is 0. The molecule has 0 saturated carbocycles. The minimum Gasteiger partial charge on any atom is -0.282 e. The van der Waals surface area contributed by atoms with E-state index in [1.165, 1.54) is 0 Å². The van der Waals surface area contributed by atoms with Crippen LogP contribution in [0.25, 0.3) is 0 Å². The SMILES string of the molecule is CS(=O)(=O)Nc1ccc(S(=O)(=O)O)cc1S(C)(=O)=O. The summed E-state index contributed by atoms with van der Waals surface area (Å²) in [6, 6.07) is 2.51. The Kier molecular flexibility index (Phi) is 3.96. The van der Waals surface area contributed by atoms with Crippen LogP contribution in [0, 0.1) is 0 Å². The highest BCUT2D eigenvalue weighted by atomic mass is 32.2. The van der Waals surface area contributed by atoms with Crippen LogP contribution in [0.3, 0.4) is 0 Å². The molecule has 0 fully saturated rings. The van der Waals surface area contributed by atoms with Crippen LogP contribution in [0.2, 0.25) is 0 Å². The van der Waals surface area contributed by atoms with E-state index in [0.29, 0.717) is 6.07 Å². The van der Waals surface area contributed by atoms with Crippen molar-refractivity contribution in [3.8, 4) is 0 Å². The summed E-state index contributed by atoms with van der Waals surface area (Å²) in [6.07, 6.45) is 1.60. The minimum absolute atomic E-state index is 0.294. The zero-order valence-electron chi connectivity index (χ0n) is 9.85. The van der Waals surface area contributed by atoms with Gasteiger partial charge in [-0.15, -0.1) is 0 Å². The molecule has 0 aliphatic rings.